The normalized spacial score (nSPS) is 17.6. The van der Waals surface area contributed by atoms with Crippen molar-refractivity contribution in [2.24, 2.45) is 0 Å². The highest BCUT2D eigenvalue weighted by Gasteiger charge is 2.36. The predicted molar refractivity (Wildman–Crippen MR) is 60.4 cm³/mol. The van der Waals surface area contributed by atoms with Crippen LogP contribution < -0.4 is 5.32 Å². The monoisotopic (exact) mass is 222 g/mol. The number of hydrogen-bond acceptors (Lipinski definition) is 4. The smallest absolute Gasteiger partial charge is 0.269 e. The molecule has 0 bridgehead atoms. The van der Waals surface area contributed by atoms with Crippen molar-refractivity contribution in [1.29, 1.82) is 0 Å². The molecule has 0 heterocycles. The number of anilines is 1. The minimum atomic E-state index is -0.422. The summed E-state index contributed by atoms with van der Waals surface area (Å²) in [4.78, 5) is 10.0. The Hall–Kier alpha value is -1.62. The molecule has 0 spiro atoms. The summed E-state index contributed by atoms with van der Waals surface area (Å²) in [6.07, 6.45) is 3.00. The fourth-order valence-corrected chi connectivity index (χ4v) is 1.90. The first kappa shape index (κ1) is 10.9. The van der Waals surface area contributed by atoms with E-state index in [2.05, 4.69) is 5.32 Å². The molecule has 1 aliphatic carbocycles. The van der Waals surface area contributed by atoms with Gasteiger partial charge in [0.2, 0.25) is 0 Å². The Bertz CT molecular complexity index is 379. The Balaban J connectivity index is 2.07. The molecule has 1 saturated carbocycles. The highest BCUT2D eigenvalue weighted by atomic mass is 16.6. The standard InChI is InChI=1S/C11H14N2O3/c14-8-11(6-1-7-11)12-9-2-4-10(5-3-9)13(15)16/h2-5,12,14H,1,6-8H2. The summed E-state index contributed by atoms with van der Waals surface area (Å²) < 4.78 is 0. The molecule has 1 aliphatic rings. The molecule has 0 saturated heterocycles. The number of nitro groups is 1. The Kier molecular flexibility index (Phi) is 2.78. The summed E-state index contributed by atoms with van der Waals surface area (Å²) in [6.45, 7) is 0.101. The van der Waals surface area contributed by atoms with Gasteiger partial charge in [-0.2, -0.15) is 0 Å². The molecule has 0 amide bonds. The summed E-state index contributed by atoms with van der Waals surface area (Å²) >= 11 is 0. The largest absolute Gasteiger partial charge is 0.394 e. The quantitative estimate of drug-likeness (QED) is 0.602. The van der Waals surface area contributed by atoms with Gasteiger partial charge in [-0.3, -0.25) is 10.1 Å². The highest BCUT2D eigenvalue weighted by Crippen LogP contribution is 2.35. The molecule has 0 aliphatic heterocycles. The van der Waals surface area contributed by atoms with Crippen molar-refractivity contribution >= 4 is 11.4 Å². The molecule has 1 aromatic rings. The lowest BCUT2D eigenvalue weighted by Gasteiger charge is -2.41. The van der Waals surface area contributed by atoms with Crippen molar-refractivity contribution in [3.8, 4) is 0 Å². The number of aliphatic hydroxyl groups is 1. The van der Waals surface area contributed by atoms with Crippen LogP contribution in [0.1, 0.15) is 19.3 Å². The van der Waals surface area contributed by atoms with E-state index in [9.17, 15) is 15.2 Å². The second-order valence-corrected chi connectivity index (χ2v) is 4.22. The SMILES string of the molecule is O=[N+]([O-])c1ccc(NC2(CO)CCC2)cc1. The van der Waals surface area contributed by atoms with E-state index in [-0.39, 0.29) is 17.8 Å². The highest BCUT2D eigenvalue weighted by molar-refractivity contribution is 5.50. The van der Waals surface area contributed by atoms with Crippen LogP contribution in [0.15, 0.2) is 24.3 Å². The van der Waals surface area contributed by atoms with Crippen LogP contribution in [0.4, 0.5) is 11.4 Å². The number of benzene rings is 1. The molecule has 0 unspecified atom stereocenters. The maximum atomic E-state index is 10.5. The molecule has 5 heteroatoms. The van der Waals surface area contributed by atoms with E-state index in [1.54, 1.807) is 12.1 Å². The lowest BCUT2D eigenvalue weighted by molar-refractivity contribution is -0.384. The third-order valence-corrected chi connectivity index (χ3v) is 3.10. The second-order valence-electron chi connectivity index (χ2n) is 4.22. The molecular formula is C11H14N2O3. The summed E-state index contributed by atoms with van der Waals surface area (Å²) in [5.74, 6) is 0. The number of nitrogens with one attached hydrogen (secondary N) is 1. The topological polar surface area (TPSA) is 75.4 Å². The summed E-state index contributed by atoms with van der Waals surface area (Å²) in [5, 5.41) is 23.0. The van der Waals surface area contributed by atoms with Crippen molar-refractivity contribution in [3.05, 3.63) is 34.4 Å². The Labute approximate surface area is 93.2 Å². The van der Waals surface area contributed by atoms with Gasteiger partial charge in [0.25, 0.3) is 5.69 Å². The van der Waals surface area contributed by atoms with E-state index in [0.717, 1.165) is 24.9 Å². The van der Waals surface area contributed by atoms with E-state index in [1.165, 1.54) is 12.1 Å². The zero-order valence-corrected chi connectivity index (χ0v) is 8.85. The lowest BCUT2D eigenvalue weighted by Crippen LogP contribution is -2.48. The van der Waals surface area contributed by atoms with Crippen LogP contribution >= 0.6 is 0 Å². The number of rotatable bonds is 4. The van der Waals surface area contributed by atoms with Gasteiger partial charge in [-0.25, -0.2) is 0 Å². The minimum absolute atomic E-state index is 0.0807. The van der Waals surface area contributed by atoms with Gasteiger partial charge in [0.05, 0.1) is 17.1 Å². The van der Waals surface area contributed by atoms with Crippen molar-refractivity contribution in [2.45, 2.75) is 24.8 Å². The number of nitro benzene ring substituents is 1. The van der Waals surface area contributed by atoms with E-state index < -0.39 is 4.92 Å². The molecular weight excluding hydrogens is 208 g/mol. The zero-order valence-electron chi connectivity index (χ0n) is 8.85. The summed E-state index contributed by atoms with van der Waals surface area (Å²) in [6, 6.07) is 6.28. The number of aliphatic hydroxyl groups excluding tert-OH is 1. The van der Waals surface area contributed by atoms with Gasteiger partial charge in [0, 0.05) is 17.8 Å². The van der Waals surface area contributed by atoms with Crippen molar-refractivity contribution in [2.75, 3.05) is 11.9 Å². The van der Waals surface area contributed by atoms with Crippen LogP contribution in [0.3, 0.4) is 0 Å². The molecule has 0 aromatic heterocycles. The lowest BCUT2D eigenvalue weighted by atomic mass is 9.77. The molecule has 2 rings (SSSR count). The molecule has 0 atom stereocenters. The first-order chi connectivity index (χ1) is 7.65. The summed E-state index contributed by atoms with van der Waals surface area (Å²) in [7, 11) is 0. The summed E-state index contributed by atoms with van der Waals surface area (Å²) in [5.41, 5.74) is 0.687. The van der Waals surface area contributed by atoms with Crippen LogP contribution in [0, 0.1) is 10.1 Å². The van der Waals surface area contributed by atoms with Crippen molar-refractivity contribution < 1.29 is 10.0 Å². The molecule has 2 N–H and O–H groups in total. The van der Waals surface area contributed by atoms with Gasteiger partial charge in [0.15, 0.2) is 0 Å². The van der Waals surface area contributed by atoms with Gasteiger partial charge in [-0.1, -0.05) is 0 Å². The van der Waals surface area contributed by atoms with E-state index in [1.807, 2.05) is 0 Å². The number of hydrogen-bond donors (Lipinski definition) is 2. The fourth-order valence-electron chi connectivity index (χ4n) is 1.90. The first-order valence-corrected chi connectivity index (χ1v) is 5.29. The fraction of sp³-hybridized carbons (Fsp3) is 0.455. The van der Waals surface area contributed by atoms with Crippen LogP contribution in [0.25, 0.3) is 0 Å². The number of nitrogens with zero attached hydrogens (tertiary/aromatic N) is 1. The molecule has 5 nitrogen and oxygen atoms in total. The van der Waals surface area contributed by atoms with Crippen molar-refractivity contribution in [1.82, 2.24) is 0 Å². The molecule has 16 heavy (non-hydrogen) atoms. The van der Waals surface area contributed by atoms with Gasteiger partial charge in [-0.05, 0) is 31.4 Å². The maximum Gasteiger partial charge on any atom is 0.269 e. The molecule has 1 aromatic carbocycles. The third-order valence-electron chi connectivity index (χ3n) is 3.10. The Morgan fingerprint density at radius 3 is 2.38 bits per heavy atom. The molecule has 86 valence electrons. The van der Waals surface area contributed by atoms with Crippen LogP contribution in [0.5, 0.6) is 0 Å². The maximum absolute atomic E-state index is 10.5. The Morgan fingerprint density at radius 1 is 1.38 bits per heavy atom. The third kappa shape index (κ3) is 1.99. The average molecular weight is 222 g/mol. The minimum Gasteiger partial charge on any atom is -0.394 e. The van der Waals surface area contributed by atoms with Crippen molar-refractivity contribution in [3.63, 3.8) is 0 Å². The van der Waals surface area contributed by atoms with Gasteiger partial charge >= 0.3 is 0 Å². The predicted octanol–water partition coefficient (Wildman–Crippen LogP) is 1.92. The van der Waals surface area contributed by atoms with E-state index in [4.69, 9.17) is 0 Å². The molecule has 0 radical (unpaired) electrons. The molecule has 1 fully saturated rings. The number of non-ortho nitro benzene ring substituents is 1. The van der Waals surface area contributed by atoms with E-state index >= 15 is 0 Å². The van der Waals surface area contributed by atoms with Crippen LogP contribution in [0.2, 0.25) is 0 Å². The Morgan fingerprint density at radius 2 is 2.00 bits per heavy atom. The average Bonchev–Trinajstić information content (AvgIpc) is 2.24. The van der Waals surface area contributed by atoms with Gasteiger partial charge < -0.3 is 10.4 Å². The second kappa shape index (κ2) is 4.09. The van der Waals surface area contributed by atoms with Gasteiger partial charge in [-0.15, -0.1) is 0 Å². The van der Waals surface area contributed by atoms with Crippen LogP contribution in [-0.2, 0) is 0 Å². The first-order valence-electron chi connectivity index (χ1n) is 5.29. The zero-order chi connectivity index (χ0) is 11.6. The van der Waals surface area contributed by atoms with Gasteiger partial charge in [0.1, 0.15) is 0 Å². The van der Waals surface area contributed by atoms with Crippen LogP contribution in [-0.4, -0.2) is 22.2 Å². The van der Waals surface area contributed by atoms with E-state index in [0.29, 0.717) is 0 Å².